The predicted octanol–water partition coefficient (Wildman–Crippen LogP) is 2.22. The first-order valence-electron chi connectivity index (χ1n) is 8.28. The van der Waals surface area contributed by atoms with Crippen molar-refractivity contribution in [2.45, 2.75) is 18.4 Å². The Labute approximate surface area is 145 Å². The average molecular weight is 348 g/mol. The molecule has 1 N–H and O–H groups in total. The fourth-order valence-corrected chi connectivity index (χ4v) is 3.05. The van der Waals surface area contributed by atoms with Crippen LogP contribution in [-0.2, 0) is 6.54 Å². The molecular weight excluding hydrogens is 326 g/mol. The van der Waals surface area contributed by atoms with Crippen molar-refractivity contribution in [3.05, 3.63) is 53.9 Å². The van der Waals surface area contributed by atoms with Gasteiger partial charge in [-0.3, -0.25) is 9.48 Å². The summed E-state index contributed by atoms with van der Waals surface area (Å²) < 4.78 is 29.7. The number of amides is 1. The summed E-state index contributed by atoms with van der Waals surface area (Å²) in [6.07, 6.45) is 1.54. The van der Waals surface area contributed by atoms with Crippen LogP contribution < -0.4 is 5.32 Å². The molecule has 134 valence electrons. The van der Waals surface area contributed by atoms with E-state index in [-0.39, 0.29) is 12.5 Å². The summed E-state index contributed by atoms with van der Waals surface area (Å²) in [7, 11) is 3.87. The highest BCUT2D eigenvalue weighted by Crippen LogP contribution is 2.61. The number of aromatic nitrogens is 2. The number of halogens is 2. The molecule has 1 heterocycles. The highest BCUT2D eigenvalue weighted by atomic mass is 19.3. The second-order valence-corrected chi connectivity index (χ2v) is 6.62. The van der Waals surface area contributed by atoms with E-state index >= 15 is 0 Å². The van der Waals surface area contributed by atoms with Gasteiger partial charge in [-0.15, -0.1) is 0 Å². The smallest absolute Gasteiger partial charge is 0.269 e. The number of alkyl halides is 2. The minimum Gasteiger partial charge on any atom is -0.350 e. The van der Waals surface area contributed by atoms with Crippen LogP contribution in [0.1, 0.15) is 22.0 Å². The highest BCUT2D eigenvalue weighted by Gasteiger charge is 2.68. The molecule has 1 aliphatic carbocycles. The number of nitrogens with zero attached hydrogens (tertiary/aromatic N) is 3. The molecule has 3 rings (SSSR count). The third-order valence-electron chi connectivity index (χ3n) is 4.55. The fourth-order valence-electron chi connectivity index (χ4n) is 3.05. The second kappa shape index (κ2) is 6.92. The van der Waals surface area contributed by atoms with Gasteiger partial charge in [0.2, 0.25) is 0 Å². The van der Waals surface area contributed by atoms with Gasteiger partial charge in [-0.05, 0) is 25.7 Å². The monoisotopic (exact) mass is 348 g/mol. The summed E-state index contributed by atoms with van der Waals surface area (Å²) in [5.41, 5.74) is 1.00. The summed E-state index contributed by atoms with van der Waals surface area (Å²) in [5, 5.41) is 6.76. The van der Waals surface area contributed by atoms with Gasteiger partial charge >= 0.3 is 0 Å². The van der Waals surface area contributed by atoms with Crippen LogP contribution >= 0.6 is 0 Å². The number of carbonyl (C=O) groups excluding carboxylic acids is 1. The highest BCUT2D eigenvalue weighted by molar-refractivity contribution is 5.92. The molecule has 1 aliphatic rings. The summed E-state index contributed by atoms with van der Waals surface area (Å²) >= 11 is 0. The van der Waals surface area contributed by atoms with Crippen molar-refractivity contribution < 1.29 is 13.6 Å². The third-order valence-corrected chi connectivity index (χ3v) is 4.55. The second-order valence-electron chi connectivity index (χ2n) is 6.62. The van der Waals surface area contributed by atoms with Gasteiger partial charge < -0.3 is 10.2 Å². The number of hydrogen-bond donors (Lipinski definition) is 1. The molecule has 0 unspecified atom stereocenters. The van der Waals surface area contributed by atoms with Gasteiger partial charge in [0.05, 0.1) is 18.4 Å². The molecule has 7 heteroatoms. The molecule has 2 atom stereocenters. The molecule has 0 aliphatic heterocycles. The maximum absolute atomic E-state index is 14.1. The van der Waals surface area contributed by atoms with Crippen LogP contribution in [0.25, 0.3) is 0 Å². The van der Waals surface area contributed by atoms with Crippen molar-refractivity contribution in [2.24, 2.45) is 5.92 Å². The molecule has 0 radical (unpaired) electrons. The van der Waals surface area contributed by atoms with E-state index in [0.717, 1.165) is 6.54 Å². The van der Waals surface area contributed by atoms with Crippen molar-refractivity contribution in [1.29, 1.82) is 0 Å². The Morgan fingerprint density at radius 3 is 2.68 bits per heavy atom. The fraction of sp³-hybridized carbons (Fsp3) is 0.444. The summed E-state index contributed by atoms with van der Waals surface area (Å²) in [4.78, 5) is 14.3. The average Bonchev–Trinajstić information content (AvgIpc) is 2.93. The minimum atomic E-state index is -2.78. The van der Waals surface area contributed by atoms with Crippen LogP contribution in [0.3, 0.4) is 0 Å². The molecule has 1 saturated carbocycles. The molecule has 2 aromatic rings. The molecule has 1 aromatic carbocycles. The van der Waals surface area contributed by atoms with Crippen molar-refractivity contribution in [1.82, 2.24) is 20.0 Å². The van der Waals surface area contributed by atoms with Gasteiger partial charge in [0.1, 0.15) is 5.69 Å². The maximum atomic E-state index is 14.1. The van der Waals surface area contributed by atoms with Crippen molar-refractivity contribution in [2.75, 3.05) is 27.2 Å². The Hall–Kier alpha value is -2.28. The van der Waals surface area contributed by atoms with Crippen LogP contribution in [0.2, 0.25) is 0 Å². The lowest BCUT2D eigenvalue weighted by Crippen LogP contribution is -2.30. The minimum absolute atomic E-state index is 0.0513. The Morgan fingerprint density at radius 2 is 2.00 bits per heavy atom. The normalized spacial score (nSPS) is 21.3. The van der Waals surface area contributed by atoms with E-state index in [1.807, 2.05) is 19.0 Å². The zero-order valence-corrected chi connectivity index (χ0v) is 14.3. The van der Waals surface area contributed by atoms with E-state index in [2.05, 4.69) is 10.4 Å². The Kier molecular flexibility index (Phi) is 4.85. The molecule has 0 bridgehead atoms. The zero-order chi connectivity index (χ0) is 18.0. The standard InChI is InChI=1S/C18H22F2N4O/c1-23(2)10-11-24-15(8-9-22-24)17(25)21-12-14-16(18(14,19)20)13-6-4-3-5-7-13/h3-9,14,16H,10-12H2,1-2H3,(H,21,25)/t14-,16-/m1/s1. The lowest BCUT2D eigenvalue weighted by molar-refractivity contribution is 0.0867. The largest absolute Gasteiger partial charge is 0.350 e. The number of rotatable bonds is 7. The lowest BCUT2D eigenvalue weighted by atomic mass is 10.1. The van der Waals surface area contributed by atoms with Crippen LogP contribution in [0.5, 0.6) is 0 Å². The SMILES string of the molecule is CN(C)CCn1nccc1C(=O)NC[C@@H]1[C@@H](c2ccccc2)C1(F)F. The summed E-state index contributed by atoms with van der Waals surface area (Å²) in [5.74, 6) is -4.84. The molecule has 1 aromatic heterocycles. The Bertz CT molecular complexity index is 730. The molecule has 1 amide bonds. The quantitative estimate of drug-likeness (QED) is 0.835. The van der Waals surface area contributed by atoms with Crippen LogP contribution in [0, 0.1) is 5.92 Å². The topological polar surface area (TPSA) is 50.2 Å². The molecule has 1 fully saturated rings. The van der Waals surface area contributed by atoms with Crippen molar-refractivity contribution >= 4 is 5.91 Å². The first-order chi connectivity index (χ1) is 11.9. The summed E-state index contributed by atoms with van der Waals surface area (Å²) in [6, 6.07) is 10.3. The van der Waals surface area contributed by atoms with Gasteiger partial charge in [-0.1, -0.05) is 30.3 Å². The number of nitrogens with one attached hydrogen (secondary N) is 1. The third kappa shape index (κ3) is 3.71. The molecule has 0 spiro atoms. The van der Waals surface area contributed by atoms with Gasteiger partial charge in [0, 0.05) is 19.3 Å². The van der Waals surface area contributed by atoms with Crippen LogP contribution in [0.4, 0.5) is 8.78 Å². The van der Waals surface area contributed by atoms with Crippen LogP contribution in [-0.4, -0.2) is 53.7 Å². The maximum Gasteiger partial charge on any atom is 0.269 e. The lowest BCUT2D eigenvalue weighted by Gasteiger charge is -2.12. The molecule has 25 heavy (non-hydrogen) atoms. The van der Waals surface area contributed by atoms with Gasteiger partial charge in [0.15, 0.2) is 0 Å². The van der Waals surface area contributed by atoms with E-state index in [0.29, 0.717) is 17.8 Å². The first kappa shape index (κ1) is 17.5. The number of benzene rings is 1. The van der Waals surface area contributed by atoms with E-state index < -0.39 is 17.8 Å². The first-order valence-corrected chi connectivity index (χ1v) is 8.28. The predicted molar refractivity (Wildman–Crippen MR) is 90.7 cm³/mol. The van der Waals surface area contributed by atoms with Crippen LogP contribution in [0.15, 0.2) is 42.6 Å². The number of hydrogen-bond acceptors (Lipinski definition) is 3. The molecule has 5 nitrogen and oxygen atoms in total. The van der Waals surface area contributed by atoms with Gasteiger partial charge in [-0.2, -0.15) is 5.10 Å². The van der Waals surface area contributed by atoms with E-state index in [4.69, 9.17) is 0 Å². The molecule has 0 saturated heterocycles. The Balaban J connectivity index is 1.59. The molecular formula is C18H22F2N4O. The van der Waals surface area contributed by atoms with Gasteiger partial charge in [-0.25, -0.2) is 8.78 Å². The van der Waals surface area contributed by atoms with E-state index in [1.54, 1.807) is 47.3 Å². The van der Waals surface area contributed by atoms with E-state index in [9.17, 15) is 13.6 Å². The van der Waals surface area contributed by atoms with Crippen molar-refractivity contribution in [3.8, 4) is 0 Å². The summed E-state index contributed by atoms with van der Waals surface area (Å²) in [6.45, 7) is 1.25. The van der Waals surface area contributed by atoms with E-state index in [1.165, 1.54) is 0 Å². The zero-order valence-electron chi connectivity index (χ0n) is 14.3. The number of likely N-dealkylation sites (N-methyl/N-ethyl adjacent to an activating group) is 1. The number of carbonyl (C=O) groups is 1. The Morgan fingerprint density at radius 1 is 1.28 bits per heavy atom. The van der Waals surface area contributed by atoms with Crippen molar-refractivity contribution in [3.63, 3.8) is 0 Å². The van der Waals surface area contributed by atoms with Gasteiger partial charge in [0.25, 0.3) is 11.8 Å².